The number of allylic oxidation sites excluding steroid dienone is 1. The smallest absolute Gasteiger partial charge is 0.228 e. The van der Waals surface area contributed by atoms with Crippen LogP contribution in [-0.2, 0) is 9.59 Å². The van der Waals surface area contributed by atoms with E-state index in [9.17, 15) is 9.59 Å². The molecule has 0 spiro atoms. The van der Waals surface area contributed by atoms with Gasteiger partial charge >= 0.3 is 0 Å². The maximum absolute atomic E-state index is 12.0. The molecule has 0 atom stereocenters. The predicted octanol–water partition coefficient (Wildman–Crippen LogP) is 2.90. The monoisotopic (exact) mass is 298 g/mol. The number of nitrogens with one attached hydrogen (secondary N) is 1. The van der Waals surface area contributed by atoms with Gasteiger partial charge in [0.2, 0.25) is 11.8 Å². The zero-order valence-corrected chi connectivity index (χ0v) is 14.0. The van der Waals surface area contributed by atoms with Crippen LogP contribution in [0.4, 0.5) is 0 Å². The lowest BCUT2D eigenvalue weighted by molar-refractivity contribution is -0.130. The van der Waals surface area contributed by atoms with Crippen LogP contribution in [0.1, 0.15) is 53.9 Å². The van der Waals surface area contributed by atoms with Gasteiger partial charge in [-0.1, -0.05) is 0 Å². The Balaban J connectivity index is 2.71. The van der Waals surface area contributed by atoms with Crippen LogP contribution in [0.3, 0.4) is 0 Å². The van der Waals surface area contributed by atoms with E-state index in [1.807, 2.05) is 39.5 Å². The lowest BCUT2D eigenvalue weighted by Crippen LogP contribution is -2.38. The van der Waals surface area contributed by atoms with Gasteiger partial charge in [0, 0.05) is 30.7 Å². The van der Waals surface area contributed by atoms with Crippen molar-refractivity contribution in [2.75, 3.05) is 5.75 Å². The molecule has 0 saturated carbocycles. The summed E-state index contributed by atoms with van der Waals surface area (Å²) in [6.45, 7) is 10.0. The van der Waals surface area contributed by atoms with Crippen molar-refractivity contribution in [3.8, 4) is 0 Å². The maximum atomic E-state index is 12.0. The van der Waals surface area contributed by atoms with E-state index in [0.29, 0.717) is 19.3 Å². The Labute approximate surface area is 126 Å². The summed E-state index contributed by atoms with van der Waals surface area (Å²) < 4.78 is 0. The Morgan fingerprint density at radius 3 is 2.50 bits per heavy atom. The summed E-state index contributed by atoms with van der Waals surface area (Å²) in [6.07, 6.45) is 1.79. The highest BCUT2D eigenvalue weighted by Crippen LogP contribution is 2.33. The molecule has 0 bridgehead atoms. The number of carbonyl (C=O) groups excluding carboxylic acids is 2. The van der Waals surface area contributed by atoms with Crippen molar-refractivity contribution in [1.29, 1.82) is 0 Å². The number of nitrogens with zero attached hydrogens (tertiary/aromatic N) is 1. The molecule has 0 aromatic carbocycles. The highest BCUT2D eigenvalue weighted by atomic mass is 32.2. The summed E-state index contributed by atoms with van der Waals surface area (Å²) in [4.78, 5) is 25.6. The van der Waals surface area contributed by atoms with Crippen molar-refractivity contribution in [3.63, 3.8) is 0 Å². The molecular weight excluding hydrogens is 272 g/mol. The van der Waals surface area contributed by atoms with Crippen LogP contribution in [0.15, 0.2) is 10.6 Å². The SMILES string of the molecule is C/C(CCC(=O)NC(C)C)=C1\SCCC(=O)N1C(C)C. The summed E-state index contributed by atoms with van der Waals surface area (Å²) in [5.74, 6) is 1.11. The van der Waals surface area contributed by atoms with Crippen molar-refractivity contribution >= 4 is 23.6 Å². The second-order valence-corrected chi connectivity index (χ2v) is 6.85. The van der Waals surface area contributed by atoms with E-state index >= 15 is 0 Å². The largest absolute Gasteiger partial charge is 0.354 e. The molecule has 114 valence electrons. The molecular formula is C15H26N2O2S. The molecule has 0 aliphatic carbocycles. The fourth-order valence-electron chi connectivity index (χ4n) is 2.19. The van der Waals surface area contributed by atoms with Crippen molar-refractivity contribution in [3.05, 3.63) is 10.6 Å². The minimum absolute atomic E-state index is 0.0724. The lowest BCUT2D eigenvalue weighted by Gasteiger charge is -2.34. The molecule has 5 heteroatoms. The van der Waals surface area contributed by atoms with Crippen LogP contribution in [0.25, 0.3) is 0 Å². The Bertz CT molecular complexity index is 403. The molecule has 1 heterocycles. The third-order valence-corrected chi connectivity index (χ3v) is 4.33. The van der Waals surface area contributed by atoms with Crippen LogP contribution in [-0.4, -0.2) is 34.6 Å². The molecule has 2 amide bonds. The fraction of sp³-hybridized carbons (Fsp3) is 0.733. The molecule has 0 radical (unpaired) electrons. The normalized spacial score (nSPS) is 18.8. The molecule has 0 unspecified atom stereocenters. The second-order valence-electron chi connectivity index (χ2n) is 5.76. The second kappa shape index (κ2) is 7.72. The highest BCUT2D eigenvalue weighted by Gasteiger charge is 2.27. The van der Waals surface area contributed by atoms with Crippen molar-refractivity contribution in [1.82, 2.24) is 10.2 Å². The summed E-state index contributed by atoms with van der Waals surface area (Å²) in [7, 11) is 0. The molecule has 1 saturated heterocycles. The zero-order valence-electron chi connectivity index (χ0n) is 13.2. The van der Waals surface area contributed by atoms with Crippen LogP contribution in [0.5, 0.6) is 0 Å². The Morgan fingerprint density at radius 1 is 1.30 bits per heavy atom. The highest BCUT2D eigenvalue weighted by molar-refractivity contribution is 8.03. The third kappa shape index (κ3) is 4.85. The first-order chi connectivity index (χ1) is 9.32. The van der Waals surface area contributed by atoms with Gasteiger partial charge in [0.15, 0.2) is 0 Å². The third-order valence-electron chi connectivity index (χ3n) is 3.10. The number of hydrogen-bond acceptors (Lipinski definition) is 3. The molecule has 1 aliphatic rings. The zero-order chi connectivity index (χ0) is 15.3. The van der Waals surface area contributed by atoms with Gasteiger partial charge in [0.25, 0.3) is 0 Å². The van der Waals surface area contributed by atoms with E-state index in [1.165, 1.54) is 0 Å². The fourth-order valence-corrected chi connectivity index (χ4v) is 3.46. The van der Waals surface area contributed by atoms with Gasteiger partial charge in [-0.2, -0.15) is 0 Å². The van der Waals surface area contributed by atoms with E-state index in [4.69, 9.17) is 0 Å². The van der Waals surface area contributed by atoms with Gasteiger partial charge in [0.1, 0.15) is 0 Å². The van der Waals surface area contributed by atoms with Crippen LogP contribution in [0.2, 0.25) is 0 Å². The average molecular weight is 298 g/mol. The van der Waals surface area contributed by atoms with Gasteiger partial charge in [0.05, 0.1) is 5.03 Å². The van der Waals surface area contributed by atoms with Crippen molar-refractivity contribution in [2.45, 2.75) is 66.0 Å². The van der Waals surface area contributed by atoms with E-state index in [1.54, 1.807) is 11.8 Å². The molecule has 0 aromatic heterocycles. The van der Waals surface area contributed by atoms with E-state index < -0.39 is 0 Å². The summed E-state index contributed by atoms with van der Waals surface area (Å²) in [5.41, 5.74) is 1.13. The van der Waals surface area contributed by atoms with E-state index in [0.717, 1.165) is 16.4 Å². The van der Waals surface area contributed by atoms with Gasteiger partial charge in [-0.15, -0.1) is 11.8 Å². The van der Waals surface area contributed by atoms with Gasteiger partial charge in [-0.05, 0) is 46.6 Å². The number of thioether (sulfide) groups is 1. The molecule has 4 nitrogen and oxygen atoms in total. The first-order valence-electron chi connectivity index (χ1n) is 7.27. The van der Waals surface area contributed by atoms with Crippen molar-refractivity contribution in [2.24, 2.45) is 0 Å². The molecule has 20 heavy (non-hydrogen) atoms. The quantitative estimate of drug-likeness (QED) is 0.849. The van der Waals surface area contributed by atoms with Crippen molar-refractivity contribution < 1.29 is 9.59 Å². The summed E-state index contributed by atoms with van der Waals surface area (Å²) >= 11 is 1.73. The Hall–Kier alpha value is -0.970. The Kier molecular flexibility index (Phi) is 6.59. The molecule has 0 aromatic rings. The Morgan fingerprint density at radius 2 is 1.95 bits per heavy atom. The van der Waals surface area contributed by atoms with Gasteiger partial charge < -0.3 is 10.2 Å². The molecule has 1 fully saturated rings. The van der Waals surface area contributed by atoms with E-state index in [-0.39, 0.29) is 23.9 Å². The summed E-state index contributed by atoms with van der Waals surface area (Å²) in [5, 5.41) is 3.94. The van der Waals surface area contributed by atoms with Crippen LogP contribution in [0, 0.1) is 0 Å². The first kappa shape index (κ1) is 17.1. The van der Waals surface area contributed by atoms with Crippen LogP contribution < -0.4 is 5.32 Å². The minimum Gasteiger partial charge on any atom is -0.354 e. The van der Waals surface area contributed by atoms with Gasteiger partial charge in [-0.25, -0.2) is 0 Å². The first-order valence-corrected chi connectivity index (χ1v) is 8.25. The lowest BCUT2D eigenvalue weighted by atomic mass is 10.1. The molecule has 1 aliphatic heterocycles. The minimum atomic E-state index is 0.0724. The number of hydrogen-bond donors (Lipinski definition) is 1. The standard InChI is InChI=1S/C15H26N2O2S/c1-10(2)16-13(18)7-6-12(5)15-17(11(3)4)14(19)8-9-20-15/h10-11H,6-9H2,1-5H3,(H,16,18)/b15-12+. The van der Waals surface area contributed by atoms with Crippen LogP contribution >= 0.6 is 11.8 Å². The predicted molar refractivity (Wildman–Crippen MR) is 84.3 cm³/mol. The molecule has 1 N–H and O–H groups in total. The van der Waals surface area contributed by atoms with E-state index in [2.05, 4.69) is 5.32 Å². The van der Waals surface area contributed by atoms with Gasteiger partial charge in [-0.3, -0.25) is 9.59 Å². The summed E-state index contributed by atoms with van der Waals surface area (Å²) in [6, 6.07) is 0.345. The number of rotatable bonds is 5. The molecule has 1 rings (SSSR count). The topological polar surface area (TPSA) is 49.4 Å². The number of carbonyl (C=O) groups is 2. The number of amides is 2. The average Bonchev–Trinajstić information content (AvgIpc) is 2.34. The maximum Gasteiger partial charge on any atom is 0.228 e.